The molecule has 108 valence electrons. The minimum Gasteiger partial charge on any atom is -0.385 e. The Balaban J connectivity index is 2.19. The summed E-state index contributed by atoms with van der Waals surface area (Å²) in [5, 5.41) is 0. The Bertz CT molecular complexity index is 217. The number of hydrogen-bond acceptors (Lipinski definition) is 3. The Morgan fingerprint density at radius 2 is 1.89 bits per heavy atom. The van der Waals surface area contributed by atoms with Crippen LogP contribution >= 0.6 is 0 Å². The van der Waals surface area contributed by atoms with Gasteiger partial charge in [0.25, 0.3) is 0 Å². The fraction of sp³-hybridized carbons (Fsp3) is 1.00. The van der Waals surface area contributed by atoms with E-state index in [0.29, 0.717) is 11.5 Å². The molecule has 0 saturated carbocycles. The van der Waals surface area contributed by atoms with E-state index in [0.717, 1.165) is 31.9 Å². The second kappa shape index (κ2) is 7.46. The summed E-state index contributed by atoms with van der Waals surface area (Å²) in [5.74, 6) is 0.874. The number of piperidine rings is 1. The Kier molecular flexibility index (Phi) is 6.61. The fourth-order valence-corrected chi connectivity index (χ4v) is 2.89. The molecule has 1 unspecified atom stereocenters. The number of ether oxygens (including phenoxy) is 1. The molecule has 1 aliphatic heterocycles. The highest BCUT2D eigenvalue weighted by molar-refractivity contribution is 4.82. The molecule has 0 spiro atoms. The second-order valence-corrected chi connectivity index (χ2v) is 6.84. The summed E-state index contributed by atoms with van der Waals surface area (Å²) < 4.78 is 5.06. The first-order valence-electron chi connectivity index (χ1n) is 7.40. The Morgan fingerprint density at radius 3 is 2.39 bits per heavy atom. The zero-order valence-corrected chi connectivity index (χ0v) is 12.7. The molecule has 0 aromatic carbocycles. The highest BCUT2D eigenvalue weighted by Gasteiger charge is 2.28. The van der Waals surface area contributed by atoms with Crippen molar-refractivity contribution in [2.45, 2.75) is 52.5 Å². The van der Waals surface area contributed by atoms with Gasteiger partial charge in [0.1, 0.15) is 0 Å². The van der Waals surface area contributed by atoms with Crippen molar-refractivity contribution in [3.63, 3.8) is 0 Å². The Hall–Kier alpha value is -0.120. The highest BCUT2D eigenvalue weighted by atomic mass is 16.5. The van der Waals surface area contributed by atoms with Gasteiger partial charge in [-0.1, -0.05) is 20.8 Å². The zero-order chi connectivity index (χ0) is 13.6. The molecular weight excluding hydrogens is 224 g/mol. The smallest absolute Gasteiger partial charge is 0.0462 e. The maximum atomic E-state index is 6.17. The molecule has 0 aromatic heterocycles. The van der Waals surface area contributed by atoms with Gasteiger partial charge in [0, 0.05) is 26.3 Å². The van der Waals surface area contributed by atoms with Crippen molar-refractivity contribution in [1.29, 1.82) is 0 Å². The molecule has 2 N–H and O–H groups in total. The SMILES string of the molecule is COCCCC(N)CN1CCC(C(C)(C)C)CC1. The van der Waals surface area contributed by atoms with E-state index in [9.17, 15) is 0 Å². The van der Waals surface area contributed by atoms with Gasteiger partial charge >= 0.3 is 0 Å². The normalized spacial score (nSPS) is 21.2. The van der Waals surface area contributed by atoms with Gasteiger partial charge in [0.05, 0.1) is 0 Å². The van der Waals surface area contributed by atoms with Crippen molar-refractivity contribution in [2.24, 2.45) is 17.1 Å². The van der Waals surface area contributed by atoms with Crippen LogP contribution < -0.4 is 5.73 Å². The topological polar surface area (TPSA) is 38.5 Å². The summed E-state index contributed by atoms with van der Waals surface area (Å²) in [4.78, 5) is 2.54. The molecule has 1 fully saturated rings. The number of likely N-dealkylation sites (tertiary alicyclic amines) is 1. The maximum Gasteiger partial charge on any atom is 0.0462 e. The fourth-order valence-electron chi connectivity index (χ4n) is 2.89. The van der Waals surface area contributed by atoms with Crippen LogP contribution in [0, 0.1) is 11.3 Å². The maximum absolute atomic E-state index is 6.17. The van der Waals surface area contributed by atoms with Crippen LogP contribution in [0.4, 0.5) is 0 Å². The van der Waals surface area contributed by atoms with Crippen LogP contribution in [-0.2, 0) is 4.74 Å². The van der Waals surface area contributed by atoms with Gasteiger partial charge in [0.15, 0.2) is 0 Å². The lowest BCUT2D eigenvalue weighted by atomic mass is 9.75. The average Bonchev–Trinajstić information content (AvgIpc) is 2.29. The summed E-state index contributed by atoms with van der Waals surface area (Å²) in [6.45, 7) is 11.4. The largest absolute Gasteiger partial charge is 0.385 e. The predicted molar refractivity (Wildman–Crippen MR) is 77.7 cm³/mol. The molecule has 18 heavy (non-hydrogen) atoms. The van der Waals surface area contributed by atoms with Crippen LogP contribution in [0.25, 0.3) is 0 Å². The first-order chi connectivity index (χ1) is 8.43. The summed E-state index contributed by atoms with van der Waals surface area (Å²) in [7, 11) is 1.75. The molecule has 0 aromatic rings. The molecule has 1 rings (SSSR count). The van der Waals surface area contributed by atoms with Gasteiger partial charge in [-0.15, -0.1) is 0 Å². The molecule has 3 heteroatoms. The summed E-state index contributed by atoms with van der Waals surface area (Å²) >= 11 is 0. The van der Waals surface area contributed by atoms with Gasteiger partial charge in [-0.25, -0.2) is 0 Å². The summed E-state index contributed by atoms with van der Waals surface area (Å²) in [6.07, 6.45) is 4.81. The van der Waals surface area contributed by atoms with Gasteiger partial charge < -0.3 is 15.4 Å². The molecule has 0 radical (unpaired) electrons. The Labute approximate surface area is 113 Å². The molecule has 1 atom stereocenters. The predicted octanol–water partition coefficient (Wildman–Crippen LogP) is 2.50. The molecule has 3 nitrogen and oxygen atoms in total. The molecule has 0 bridgehead atoms. The molecule has 1 heterocycles. The average molecular weight is 256 g/mol. The number of rotatable bonds is 6. The van der Waals surface area contributed by atoms with Crippen molar-refractivity contribution >= 4 is 0 Å². The van der Waals surface area contributed by atoms with E-state index in [1.807, 2.05) is 0 Å². The van der Waals surface area contributed by atoms with Crippen molar-refractivity contribution in [3.05, 3.63) is 0 Å². The van der Waals surface area contributed by atoms with Crippen LogP contribution in [0.2, 0.25) is 0 Å². The van der Waals surface area contributed by atoms with E-state index in [4.69, 9.17) is 10.5 Å². The van der Waals surface area contributed by atoms with E-state index in [1.165, 1.54) is 25.9 Å². The third kappa shape index (κ3) is 5.68. The monoisotopic (exact) mass is 256 g/mol. The third-order valence-electron chi connectivity index (χ3n) is 4.23. The number of hydrogen-bond donors (Lipinski definition) is 1. The quantitative estimate of drug-likeness (QED) is 0.742. The van der Waals surface area contributed by atoms with E-state index in [2.05, 4.69) is 25.7 Å². The molecular formula is C15H32N2O. The van der Waals surface area contributed by atoms with Gasteiger partial charge in [0.2, 0.25) is 0 Å². The highest BCUT2D eigenvalue weighted by Crippen LogP contribution is 2.34. The molecule has 0 amide bonds. The van der Waals surface area contributed by atoms with E-state index < -0.39 is 0 Å². The number of nitrogens with two attached hydrogens (primary N) is 1. The van der Waals surface area contributed by atoms with E-state index in [-0.39, 0.29) is 0 Å². The van der Waals surface area contributed by atoms with E-state index >= 15 is 0 Å². The van der Waals surface area contributed by atoms with Gasteiger partial charge in [-0.05, 0) is 50.1 Å². The summed E-state index contributed by atoms with van der Waals surface area (Å²) in [6, 6.07) is 0.311. The first kappa shape index (κ1) is 15.9. The van der Waals surface area contributed by atoms with Gasteiger partial charge in [-0.2, -0.15) is 0 Å². The molecule has 1 saturated heterocycles. The van der Waals surface area contributed by atoms with Crippen molar-refractivity contribution < 1.29 is 4.74 Å². The van der Waals surface area contributed by atoms with Crippen molar-refractivity contribution in [2.75, 3.05) is 33.4 Å². The minimum atomic E-state index is 0.311. The molecule has 0 aliphatic carbocycles. The third-order valence-corrected chi connectivity index (χ3v) is 4.23. The van der Waals surface area contributed by atoms with Crippen molar-refractivity contribution in [3.8, 4) is 0 Å². The minimum absolute atomic E-state index is 0.311. The standard InChI is InChI=1S/C15H32N2O/c1-15(2,3)13-7-9-17(10-8-13)12-14(16)6-5-11-18-4/h13-14H,5-12,16H2,1-4H3. The van der Waals surface area contributed by atoms with Crippen molar-refractivity contribution in [1.82, 2.24) is 4.90 Å². The Morgan fingerprint density at radius 1 is 1.28 bits per heavy atom. The second-order valence-electron chi connectivity index (χ2n) is 6.84. The zero-order valence-electron chi connectivity index (χ0n) is 12.7. The van der Waals surface area contributed by atoms with Crippen LogP contribution in [0.3, 0.4) is 0 Å². The van der Waals surface area contributed by atoms with Gasteiger partial charge in [-0.3, -0.25) is 0 Å². The molecule has 1 aliphatic rings. The lowest BCUT2D eigenvalue weighted by molar-refractivity contribution is 0.106. The summed E-state index contributed by atoms with van der Waals surface area (Å²) in [5.41, 5.74) is 6.63. The van der Waals surface area contributed by atoms with Crippen LogP contribution in [0.15, 0.2) is 0 Å². The van der Waals surface area contributed by atoms with Crippen LogP contribution in [0.1, 0.15) is 46.5 Å². The number of nitrogens with zero attached hydrogens (tertiary/aromatic N) is 1. The lowest BCUT2D eigenvalue weighted by Gasteiger charge is -2.39. The first-order valence-corrected chi connectivity index (χ1v) is 7.40. The van der Waals surface area contributed by atoms with Crippen LogP contribution in [0.5, 0.6) is 0 Å². The van der Waals surface area contributed by atoms with Crippen LogP contribution in [-0.4, -0.2) is 44.3 Å². The lowest BCUT2D eigenvalue weighted by Crippen LogP contribution is -2.43. The number of methoxy groups -OCH3 is 1. The van der Waals surface area contributed by atoms with E-state index in [1.54, 1.807) is 7.11 Å².